The number of rotatable bonds is 9. The molecule has 1 aliphatic carbocycles. The summed E-state index contributed by atoms with van der Waals surface area (Å²) in [6.45, 7) is 10.6. The first-order chi connectivity index (χ1) is 24.9. The number of ether oxygens (including phenoxy) is 3. The summed E-state index contributed by atoms with van der Waals surface area (Å²) in [5.41, 5.74) is 0.113. The number of anilines is 2. The van der Waals surface area contributed by atoms with Crippen LogP contribution in [0.2, 0.25) is 0 Å². The Balaban J connectivity index is 1.31. The first-order valence-electron chi connectivity index (χ1n) is 18.1. The van der Waals surface area contributed by atoms with Gasteiger partial charge in [-0.2, -0.15) is 13.2 Å². The van der Waals surface area contributed by atoms with Crippen LogP contribution in [0.3, 0.4) is 0 Å². The van der Waals surface area contributed by atoms with Crippen molar-refractivity contribution in [3.63, 3.8) is 0 Å². The average molecular weight is 778 g/mol. The molecule has 14 heteroatoms. The van der Waals surface area contributed by atoms with E-state index in [1.165, 1.54) is 4.90 Å². The number of thiophene rings is 1. The first kappa shape index (κ1) is 39.4. The van der Waals surface area contributed by atoms with E-state index in [1.807, 2.05) is 0 Å². The SMILES string of the molecule is CC(C)(C)OC(=O)N(CC#Cc1sc2c(N[C@@H]3CCN(C4CCOCC4)C[C@@H]3F)cccc2c1CC(F)(F)F)c1ccc(P(C)(C)=O)cc1OC1CC1. The van der Waals surface area contributed by atoms with E-state index in [-0.39, 0.29) is 23.1 Å². The Labute approximate surface area is 312 Å². The number of carbonyl (C=O) groups is 1. The summed E-state index contributed by atoms with van der Waals surface area (Å²) in [6.07, 6.45) is -3.60. The van der Waals surface area contributed by atoms with Gasteiger partial charge in [0.2, 0.25) is 0 Å². The molecule has 2 aliphatic heterocycles. The number of likely N-dealkylation sites (tertiary alicyclic amines) is 1. The minimum Gasteiger partial charge on any atom is -0.488 e. The maximum absolute atomic E-state index is 15.6. The van der Waals surface area contributed by atoms with Crippen LogP contribution in [-0.4, -0.2) is 93.3 Å². The molecule has 1 saturated carbocycles. The Morgan fingerprint density at radius 2 is 1.83 bits per heavy atom. The fourth-order valence-electron chi connectivity index (χ4n) is 6.72. The van der Waals surface area contributed by atoms with E-state index < -0.39 is 43.6 Å². The molecule has 1 aromatic heterocycles. The molecule has 6 rings (SSSR count). The topological polar surface area (TPSA) is 80.3 Å². The van der Waals surface area contributed by atoms with Gasteiger partial charge in [-0.25, -0.2) is 9.18 Å². The van der Waals surface area contributed by atoms with Gasteiger partial charge >= 0.3 is 12.3 Å². The van der Waals surface area contributed by atoms with Gasteiger partial charge in [-0.05, 0) is 101 Å². The van der Waals surface area contributed by atoms with Crippen molar-refractivity contribution >= 4 is 51.3 Å². The highest BCUT2D eigenvalue weighted by molar-refractivity contribution is 7.70. The highest BCUT2D eigenvalue weighted by atomic mass is 32.1. The average Bonchev–Trinajstić information content (AvgIpc) is 3.83. The normalized spacial score (nSPS) is 20.5. The molecule has 3 aromatic rings. The molecule has 0 unspecified atom stereocenters. The van der Waals surface area contributed by atoms with Crippen LogP contribution in [0, 0.1) is 11.8 Å². The van der Waals surface area contributed by atoms with Gasteiger partial charge in [0.1, 0.15) is 24.7 Å². The van der Waals surface area contributed by atoms with Crippen molar-refractivity contribution in [1.29, 1.82) is 0 Å². The van der Waals surface area contributed by atoms with Gasteiger partial charge in [0.05, 0.1) is 46.1 Å². The van der Waals surface area contributed by atoms with Gasteiger partial charge in [-0.1, -0.05) is 24.0 Å². The van der Waals surface area contributed by atoms with E-state index in [9.17, 15) is 22.5 Å². The van der Waals surface area contributed by atoms with Crippen LogP contribution in [0.15, 0.2) is 36.4 Å². The Hall–Kier alpha value is -3.30. The van der Waals surface area contributed by atoms with E-state index in [0.717, 1.165) is 43.6 Å². The minimum atomic E-state index is -4.51. The number of nitrogens with zero attached hydrogens (tertiary/aromatic N) is 2. The van der Waals surface area contributed by atoms with Crippen molar-refractivity contribution in [1.82, 2.24) is 4.90 Å². The predicted molar refractivity (Wildman–Crippen MR) is 204 cm³/mol. The molecule has 288 valence electrons. The summed E-state index contributed by atoms with van der Waals surface area (Å²) < 4.78 is 88.5. The van der Waals surface area contributed by atoms with Crippen LogP contribution in [-0.2, 0) is 20.5 Å². The summed E-state index contributed by atoms with van der Waals surface area (Å²) in [4.78, 5) is 17.3. The smallest absolute Gasteiger partial charge is 0.415 e. The van der Waals surface area contributed by atoms with Crippen LogP contribution in [0.1, 0.15) is 63.3 Å². The van der Waals surface area contributed by atoms with Crippen LogP contribution >= 0.6 is 18.5 Å². The summed E-state index contributed by atoms with van der Waals surface area (Å²) >= 11 is 1.12. The Kier molecular flexibility index (Phi) is 11.8. The van der Waals surface area contributed by atoms with Crippen molar-refractivity contribution in [2.75, 3.05) is 56.4 Å². The summed E-state index contributed by atoms with van der Waals surface area (Å²) in [5.74, 6) is 6.26. The van der Waals surface area contributed by atoms with E-state index in [1.54, 1.807) is 70.5 Å². The lowest BCUT2D eigenvalue weighted by Gasteiger charge is -2.41. The predicted octanol–water partition coefficient (Wildman–Crippen LogP) is 8.59. The number of amides is 1. The van der Waals surface area contributed by atoms with Crippen molar-refractivity contribution < 1.29 is 41.1 Å². The van der Waals surface area contributed by atoms with Crippen LogP contribution < -0.4 is 20.3 Å². The summed E-state index contributed by atoms with van der Waals surface area (Å²) in [5, 5.41) is 4.31. The number of halogens is 4. The van der Waals surface area contributed by atoms with Crippen molar-refractivity contribution in [3.8, 4) is 17.6 Å². The maximum Gasteiger partial charge on any atom is 0.415 e. The number of piperidine rings is 1. The van der Waals surface area contributed by atoms with E-state index in [2.05, 4.69) is 22.1 Å². The monoisotopic (exact) mass is 777 g/mol. The third kappa shape index (κ3) is 10.3. The van der Waals surface area contributed by atoms with Crippen molar-refractivity contribution in [2.45, 2.75) is 95.4 Å². The molecule has 3 fully saturated rings. The van der Waals surface area contributed by atoms with E-state index in [0.29, 0.717) is 64.7 Å². The molecule has 1 N–H and O–H groups in total. The van der Waals surface area contributed by atoms with Crippen LogP contribution in [0.5, 0.6) is 5.75 Å². The molecule has 0 bridgehead atoms. The molecule has 1 amide bonds. The highest BCUT2D eigenvalue weighted by Gasteiger charge is 2.35. The largest absolute Gasteiger partial charge is 0.488 e. The van der Waals surface area contributed by atoms with Crippen LogP contribution in [0.25, 0.3) is 10.1 Å². The molecule has 53 heavy (non-hydrogen) atoms. The van der Waals surface area contributed by atoms with Gasteiger partial charge in [-0.15, -0.1) is 11.3 Å². The highest BCUT2D eigenvalue weighted by Crippen LogP contribution is 2.42. The molecule has 2 atom stereocenters. The molecule has 3 aliphatic rings. The third-order valence-electron chi connectivity index (χ3n) is 9.54. The number of fused-ring (bicyclic) bond motifs is 1. The van der Waals surface area contributed by atoms with E-state index >= 15 is 4.39 Å². The number of alkyl halides is 4. The van der Waals surface area contributed by atoms with Gasteiger partial charge in [0, 0.05) is 37.6 Å². The number of nitrogens with one attached hydrogen (secondary N) is 1. The zero-order chi connectivity index (χ0) is 38.1. The van der Waals surface area contributed by atoms with Crippen LogP contribution in [0.4, 0.5) is 33.7 Å². The fourth-order valence-corrected chi connectivity index (χ4v) is 8.75. The molecular weight excluding hydrogens is 729 g/mol. The minimum absolute atomic E-state index is 0.0346. The zero-order valence-corrected chi connectivity index (χ0v) is 32.6. The lowest BCUT2D eigenvalue weighted by molar-refractivity contribution is -0.126. The standard InChI is InChI=1S/C39H48F4N3O5PS/c1-38(2,3)51-37(47)46(33-14-13-27(52(4,5)48)22-34(33)50-26-11-12-26)18-7-10-35-29(23-39(41,42)43)28-8-6-9-32(36(28)53-35)44-31-15-19-45(24-30(31)40)25-16-20-49-21-17-25/h6,8-9,13-14,22,25-26,30-31,44H,11-12,15-21,23-24H2,1-5H3/t30-,31+/m0/s1. The molecular formula is C39H48F4N3O5PS. The fraction of sp³-hybridized carbons (Fsp3) is 0.564. The maximum atomic E-state index is 15.6. The Bertz CT molecular complexity index is 1900. The first-order valence-corrected chi connectivity index (χ1v) is 21.6. The van der Waals surface area contributed by atoms with Gasteiger partial charge < -0.3 is 24.1 Å². The second-order valence-corrected chi connectivity index (χ2v) is 19.7. The van der Waals surface area contributed by atoms with Crippen molar-refractivity contribution in [3.05, 3.63) is 46.8 Å². The molecule has 3 heterocycles. The zero-order valence-electron chi connectivity index (χ0n) is 30.9. The van der Waals surface area contributed by atoms with Gasteiger partial charge in [0.25, 0.3) is 0 Å². The van der Waals surface area contributed by atoms with E-state index in [4.69, 9.17) is 14.2 Å². The van der Waals surface area contributed by atoms with Crippen molar-refractivity contribution in [2.24, 2.45) is 0 Å². The molecule has 8 nitrogen and oxygen atoms in total. The number of benzene rings is 2. The third-order valence-corrected chi connectivity index (χ3v) is 12.3. The molecule has 2 aromatic carbocycles. The second-order valence-electron chi connectivity index (χ2n) is 15.5. The quantitative estimate of drug-likeness (QED) is 0.133. The summed E-state index contributed by atoms with van der Waals surface area (Å²) in [6, 6.07) is 9.90. The molecule has 2 saturated heterocycles. The lowest BCUT2D eigenvalue weighted by atomic mass is 9.98. The van der Waals surface area contributed by atoms with Gasteiger partial charge in [0.15, 0.2) is 0 Å². The van der Waals surface area contributed by atoms with Gasteiger partial charge in [-0.3, -0.25) is 9.80 Å². The second kappa shape index (κ2) is 15.8. The number of hydrogen-bond donors (Lipinski definition) is 1. The Morgan fingerprint density at radius 1 is 1.09 bits per heavy atom. The Morgan fingerprint density at radius 3 is 2.47 bits per heavy atom. The number of carbonyl (C=O) groups excluding carboxylic acids is 1. The molecule has 0 radical (unpaired) electrons. The lowest BCUT2D eigenvalue weighted by Crippen LogP contribution is -2.52. The summed E-state index contributed by atoms with van der Waals surface area (Å²) in [7, 11) is -2.67. The number of hydrogen-bond acceptors (Lipinski definition) is 8. The molecule has 0 spiro atoms.